The molecule has 1 aromatic rings. The van der Waals surface area contributed by atoms with E-state index in [-0.39, 0.29) is 16.8 Å². The topological polar surface area (TPSA) is 256 Å². The number of ether oxygens (including phenoxy) is 1. The van der Waals surface area contributed by atoms with Crippen molar-refractivity contribution in [3.8, 4) is 0 Å². The van der Waals surface area contributed by atoms with Gasteiger partial charge in [-0.05, 0) is 0 Å². The van der Waals surface area contributed by atoms with Crippen LogP contribution < -0.4 is 15.6 Å². The molecule has 32 heavy (non-hydrogen) atoms. The number of nitrogens with one attached hydrogen (secondary N) is 1. The SMILES string of the molecule is CNCc1cn([C@@H]2O[C@H](COP(=O)(O)OP(=O)(O)OP(=O)(O)O)[C@@H](O)[C@H]2O)c([Se])nc1=O. The molecule has 6 atom stereocenters. The van der Waals surface area contributed by atoms with Crippen molar-refractivity contribution in [1.29, 1.82) is 0 Å². The van der Waals surface area contributed by atoms with Gasteiger partial charge >= 0.3 is 173 Å². The molecule has 2 heterocycles. The van der Waals surface area contributed by atoms with Gasteiger partial charge in [0.25, 0.3) is 0 Å². The van der Waals surface area contributed by atoms with E-state index in [9.17, 15) is 33.6 Å². The summed E-state index contributed by atoms with van der Waals surface area (Å²) < 4.78 is 51.9. The molecule has 0 amide bonds. The van der Waals surface area contributed by atoms with E-state index in [1.165, 1.54) is 10.8 Å². The second-order valence-electron chi connectivity index (χ2n) is 6.22. The zero-order chi connectivity index (χ0) is 24.5. The average Bonchev–Trinajstić information content (AvgIpc) is 2.87. The Bertz CT molecular complexity index is 1030. The first-order valence-electron chi connectivity index (χ1n) is 8.29. The molecule has 0 aliphatic carbocycles. The zero-order valence-electron chi connectivity index (χ0n) is 15.9. The molecule has 1 aromatic heterocycles. The minimum absolute atomic E-state index is 0.000334. The predicted molar refractivity (Wildman–Crippen MR) is 102 cm³/mol. The molecule has 1 radical (unpaired) electrons. The van der Waals surface area contributed by atoms with Crippen molar-refractivity contribution in [2.75, 3.05) is 13.7 Å². The third-order valence-corrected chi connectivity index (χ3v) is 8.22. The van der Waals surface area contributed by atoms with Crippen molar-refractivity contribution in [3.05, 3.63) is 22.1 Å². The Kier molecular flexibility index (Phi) is 9.15. The molecule has 1 fully saturated rings. The standard InChI is InChI=1S/C11H19N3O14P3Se/c1-12-2-5-3-14(11(32)13-9(5)17)10-8(16)7(15)6(26-10)4-25-30(21,22)28-31(23,24)27-29(18,19)20/h3,6-8,10,12,15-16H,2,4H2,1H3,(H,21,22)(H,23,24)(H2,18,19,20)/t6-,7-,8-,10-/m1/s1. The van der Waals surface area contributed by atoms with E-state index in [1.807, 2.05) is 0 Å². The van der Waals surface area contributed by atoms with Crippen LogP contribution in [0, 0.1) is 0 Å². The van der Waals surface area contributed by atoms with Gasteiger partial charge in [0.2, 0.25) is 0 Å². The van der Waals surface area contributed by atoms with Crippen LogP contribution in [0.3, 0.4) is 0 Å². The van der Waals surface area contributed by atoms with E-state index in [0.717, 1.165) is 0 Å². The Labute approximate surface area is 187 Å². The number of rotatable bonds is 10. The van der Waals surface area contributed by atoms with E-state index in [1.54, 1.807) is 7.05 Å². The Morgan fingerprint density at radius 2 is 1.78 bits per heavy atom. The summed E-state index contributed by atoms with van der Waals surface area (Å²) in [7, 11) is -15.1. The summed E-state index contributed by atoms with van der Waals surface area (Å²) in [6.45, 7) is -0.842. The van der Waals surface area contributed by atoms with Gasteiger partial charge in [-0.2, -0.15) is 0 Å². The number of nitrogens with zero attached hydrogens (tertiary/aromatic N) is 2. The van der Waals surface area contributed by atoms with Crippen LogP contribution in [0.25, 0.3) is 0 Å². The van der Waals surface area contributed by atoms with Crippen LogP contribution in [0.5, 0.6) is 0 Å². The van der Waals surface area contributed by atoms with Gasteiger partial charge in [0, 0.05) is 0 Å². The molecule has 1 aliphatic heterocycles. The monoisotopic (exact) mass is 590 g/mol. The summed E-state index contributed by atoms with van der Waals surface area (Å²) in [5.74, 6) is 0. The van der Waals surface area contributed by atoms with E-state index >= 15 is 0 Å². The Morgan fingerprint density at radius 1 is 1.16 bits per heavy atom. The maximum atomic E-state index is 11.9. The fraction of sp³-hybridized carbons (Fsp3) is 0.636. The van der Waals surface area contributed by atoms with Gasteiger partial charge in [0.15, 0.2) is 0 Å². The third-order valence-electron chi connectivity index (χ3n) is 3.78. The van der Waals surface area contributed by atoms with Gasteiger partial charge in [0.1, 0.15) is 0 Å². The summed E-state index contributed by atoms with van der Waals surface area (Å²) in [4.78, 5) is 51.2. The van der Waals surface area contributed by atoms with Crippen molar-refractivity contribution >= 4 is 44.2 Å². The van der Waals surface area contributed by atoms with Crippen molar-refractivity contribution in [2.24, 2.45) is 0 Å². The van der Waals surface area contributed by atoms with Crippen LogP contribution in [-0.4, -0.2) is 87.3 Å². The van der Waals surface area contributed by atoms with Gasteiger partial charge in [0.05, 0.1) is 0 Å². The van der Waals surface area contributed by atoms with Gasteiger partial charge in [-0.3, -0.25) is 0 Å². The first kappa shape index (κ1) is 27.9. The molecule has 1 saturated heterocycles. The Morgan fingerprint density at radius 3 is 2.34 bits per heavy atom. The van der Waals surface area contributed by atoms with Crippen LogP contribution in [0.15, 0.2) is 11.0 Å². The van der Waals surface area contributed by atoms with E-state index in [2.05, 4.69) is 39.5 Å². The second kappa shape index (κ2) is 10.5. The summed E-state index contributed by atoms with van der Waals surface area (Å²) in [6.07, 6.45) is -4.81. The molecule has 2 unspecified atom stereocenters. The number of phosphoric acid groups is 3. The molecule has 2 rings (SSSR count). The van der Waals surface area contributed by atoms with Crippen molar-refractivity contribution < 1.29 is 61.4 Å². The summed E-state index contributed by atoms with van der Waals surface area (Å²) in [6, 6.07) is 0. The molecule has 0 spiro atoms. The van der Waals surface area contributed by atoms with Crippen molar-refractivity contribution in [2.45, 2.75) is 31.1 Å². The van der Waals surface area contributed by atoms with Gasteiger partial charge < -0.3 is 9.79 Å². The minimum atomic E-state index is -5.71. The summed E-state index contributed by atoms with van der Waals surface area (Å²) in [5.41, 5.74) is -0.352. The quantitative estimate of drug-likeness (QED) is 0.104. The molecule has 17 nitrogen and oxygen atoms in total. The van der Waals surface area contributed by atoms with E-state index < -0.39 is 60.2 Å². The fourth-order valence-electron chi connectivity index (χ4n) is 2.56. The van der Waals surface area contributed by atoms with Gasteiger partial charge in [-0.15, -0.1) is 0 Å². The number of aromatic nitrogens is 2. The molecule has 0 bridgehead atoms. The van der Waals surface area contributed by atoms with E-state index in [4.69, 9.17) is 19.4 Å². The Balaban J connectivity index is 2.12. The number of hydrogen-bond donors (Lipinski definition) is 7. The normalized spacial score (nSPS) is 27.7. The first-order valence-corrected chi connectivity index (χ1v) is 13.7. The number of aliphatic hydroxyl groups excluding tert-OH is 2. The van der Waals surface area contributed by atoms with Crippen LogP contribution in [0.4, 0.5) is 0 Å². The van der Waals surface area contributed by atoms with Gasteiger partial charge in [-0.1, -0.05) is 0 Å². The van der Waals surface area contributed by atoms with Crippen molar-refractivity contribution in [3.63, 3.8) is 0 Å². The van der Waals surface area contributed by atoms with Crippen molar-refractivity contribution in [1.82, 2.24) is 14.9 Å². The number of phosphoric ester groups is 1. The molecule has 1 aliphatic rings. The average molecular weight is 589 g/mol. The molecular weight excluding hydrogens is 570 g/mol. The Hall–Kier alpha value is -0.351. The van der Waals surface area contributed by atoms with Crippen LogP contribution in [0.1, 0.15) is 11.8 Å². The maximum absolute atomic E-state index is 11.9. The van der Waals surface area contributed by atoms with Gasteiger partial charge in [-0.25, -0.2) is 4.57 Å². The number of hydrogen-bond acceptors (Lipinski definition) is 12. The zero-order valence-corrected chi connectivity index (χ0v) is 20.3. The summed E-state index contributed by atoms with van der Waals surface area (Å²) in [5, 5.41) is 23.2. The van der Waals surface area contributed by atoms with Crippen LogP contribution >= 0.6 is 23.5 Å². The molecule has 21 heteroatoms. The molecule has 0 aromatic carbocycles. The fourth-order valence-corrected chi connectivity index (χ4v) is 6.09. The van der Waals surface area contributed by atoms with E-state index in [0.29, 0.717) is 0 Å². The third kappa shape index (κ3) is 7.58. The first-order chi connectivity index (χ1) is 14.6. The number of aliphatic hydroxyl groups is 2. The van der Waals surface area contributed by atoms with Crippen LogP contribution in [0.2, 0.25) is 0 Å². The molecular formula is C11H19N3O14P3Se. The molecule has 7 N–H and O–H groups in total. The predicted octanol–water partition coefficient (Wildman–Crippen LogP) is -3.28. The molecule has 0 saturated carbocycles. The second-order valence-corrected chi connectivity index (χ2v) is 11.4. The molecule has 183 valence electrons. The summed E-state index contributed by atoms with van der Waals surface area (Å²) >= 11 is 2.49. The van der Waals surface area contributed by atoms with Crippen LogP contribution in [-0.2, 0) is 38.1 Å².